The van der Waals surface area contributed by atoms with Crippen molar-refractivity contribution in [2.24, 2.45) is 0 Å². The predicted molar refractivity (Wildman–Crippen MR) is 72.1 cm³/mol. The molecule has 0 saturated carbocycles. The highest BCUT2D eigenvalue weighted by molar-refractivity contribution is 7.14. The lowest BCUT2D eigenvalue weighted by Crippen LogP contribution is -1.89. The molecule has 3 aromatic rings. The van der Waals surface area contributed by atoms with Crippen molar-refractivity contribution in [3.8, 4) is 11.5 Å². The highest BCUT2D eigenvalue weighted by atomic mass is 35.5. The normalized spacial score (nSPS) is 10.9. The molecule has 7 heteroatoms. The first-order chi connectivity index (χ1) is 8.83. The van der Waals surface area contributed by atoms with Gasteiger partial charge in [-0.25, -0.2) is 4.98 Å². The fraction of sp³-hybridized carbons (Fsp3) is 0.182. The van der Waals surface area contributed by atoms with Crippen LogP contribution in [-0.2, 0) is 12.8 Å². The molecule has 3 aromatic heterocycles. The summed E-state index contributed by atoms with van der Waals surface area (Å²) < 4.78 is 5.78. The van der Waals surface area contributed by atoms with Gasteiger partial charge in [-0.3, -0.25) is 0 Å². The number of hydrogen-bond acceptors (Lipinski definition) is 6. The number of aromatic nitrogens is 3. The lowest BCUT2D eigenvalue weighted by atomic mass is 10.2. The quantitative estimate of drug-likeness (QED) is 0.737. The van der Waals surface area contributed by atoms with Crippen molar-refractivity contribution < 1.29 is 4.52 Å². The third kappa shape index (κ3) is 2.45. The number of nitrogens with zero attached hydrogens (tertiary/aromatic N) is 3. The molecule has 0 aliphatic heterocycles. The van der Waals surface area contributed by atoms with E-state index in [2.05, 4.69) is 26.6 Å². The Labute approximate surface area is 116 Å². The number of halogens is 1. The first-order valence-corrected chi connectivity index (χ1v) is 7.41. The molecule has 0 aromatic carbocycles. The fourth-order valence-electron chi connectivity index (χ4n) is 1.52. The average Bonchev–Trinajstić information content (AvgIpc) is 3.07. The summed E-state index contributed by atoms with van der Waals surface area (Å²) in [6.45, 7) is 0. The van der Waals surface area contributed by atoms with Gasteiger partial charge in [-0.05, 0) is 17.9 Å². The Kier molecular flexibility index (Phi) is 3.40. The van der Waals surface area contributed by atoms with Gasteiger partial charge >= 0.3 is 0 Å². The van der Waals surface area contributed by atoms with Crippen molar-refractivity contribution in [2.45, 2.75) is 12.8 Å². The predicted octanol–water partition coefficient (Wildman–Crippen LogP) is 3.69. The Balaban J connectivity index is 1.72. The van der Waals surface area contributed by atoms with E-state index in [4.69, 9.17) is 16.1 Å². The third-order valence-corrected chi connectivity index (χ3v) is 4.36. The van der Waals surface area contributed by atoms with Gasteiger partial charge in [0, 0.05) is 11.3 Å². The highest BCUT2D eigenvalue weighted by Gasteiger charge is 2.14. The second-order valence-electron chi connectivity index (χ2n) is 3.57. The van der Waals surface area contributed by atoms with Crippen LogP contribution in [0.3, 0.4) is 0 Å². The van der Waals surface area contributed by atoms with Crippen LogP contribution in [0.25, 0.3) is 11.5 Å². The summed E-state index contributed by atoms with van der Waals surface area (Å²) in [7, 11) is 0. The number of thiazole rings is 1. The van der Waals surface area contributed by atoms with E-state index in [9.17, 15) is 0 Å². The molecule has 0 N–H and O–H groups in total. The first-order valence-electron chi connectivity index (χ1n) is 5.27. The minimum absolute atomic E-state index is 0.461. The Morgan fingerprint density at radius 2 is 2.22 bits per heavy atom. The van der Waals surface area contributed by atoms with Crippen LogP contribution in [0, 0.1) is 0 Å². The van der Waals surface area contributed by atoms with Crippen LogP contribution in [0.2, 0.25) is 4.34 Å². The molecule has 0 atom stereocenters. The zero-order valence-corrected chi connectivity index (χ0v) is 11.6. The van der Waals surface area contributed by atoms with E-state index < -0.39 is 0 Å². The summed E-state index contributed by atoms with van der Waals surface area (Å²) in [4.78, 5) is 9.72. The molecule has 3 heterocycles. The van der Waals surface area contributed by atoms with Crippen LogP contribution in [0.4, 0.5) is 0 Å². The van der Waals surface area contributed by atoms with Crippen molar-refractivity contribution in [3.63, 3.8) is 0 Å². The monoisotopic (exact) mass is 297 g/mol. The molecule has 4 nitrogen and oxygen atoms in total. The smallest absolute Gasteiger partial charge is 0.227 e. The van der Waals surface area contributed by atoms with E-state index in [1.165, 1.54) is 16.2 Å². The minimum atomic E-state index is 0.461. The largest absolute Gasteiger partial charge is 0.339 e. The van der Waals surface area contributed by atoms with Crippen molar-refractivity contribution in [3.05, 3.63) is 38.1 Å². The fourth-order valence-corrected chi connectivity index (χ4v) is 2.98. The lowest BCUT2D eigenvalue weighted by Gasteiger charge is -1.91. The van der Waals surface area contributed by atoms with Crippen molar-refractivity contribution >= 4 is 34.3 Å². The summed E-state index contributed by atoms with van der Waals surface area (Å²) in [5.74, 6) is 1.07. The molecular formula is C11H8ClN3OS2. The molecule has 0 spiro atoms. The van der Waals surface area contributed by atoms with Gasteiger partial charge in [-0.15, -0.1) is 22.7 Å². The molecule has 0 radical (unpaired) electrons. The van der Waals surface area contributed by atoms with Crippen molar-refractivity contribution in [1.29, 1.82) is 0 Å². The molecule has 0 aliphatic rings. The van der Waals surface area contributed by atoms with Crippen molar-refractivity contribution in [1.82, 2.24) is 15.1 Å². The van der Waals surface area contributed by atoms with E-state index in [1.54, 1.807) is 16.8 Å². The van der Waals surface area contributed by atoms with Crippen LogP contribution in [-0.4, -0.2) is 15.1 Å². The van der Waals surface area contributed by atoms with Gasteiger partial charge in [0.15, 0.2) is 0 Å². The SMILES string of the molecule is Clc1scnc1-c1noc(CCc2cccs2)n1. The molecule has 18 heavy (non-hydrogen) atoms. The summed E-state index contributed by atoms with van der Waals surface area (Å²) in [6.07, 6.45) is 1.64. The van der Waals surface area contributed by atoms with Crippen LogP contribution >= 0.6 is 34.3 Å². The number of thiophene rings is 1. The standard InChI is InChI=1S/C11H8ClN3OS2/c12-10-9(13-6-18-10)11-14-8(16-15-11)4-3-7-2-1-5-17-7/h1-2,5-6H,3-4H2. The van der Waals surface area contributed by atoms with E-state index in [1.807, 2.05) is 6.07 Å². The van der Waals surface area contributed by atoms with Gasteiger partial charge < -0.3 is 4.52 Å². The second-order valence-corrected chi connectivity index (χ2v) is 6.05. The summed E-state index contributed by atoms with van der Waals surface area (Å²) >= 11 is 9.06. The maximum Gasteiger partial charge on any atom is 0.227 e. The topological polar surface area (TPSA) is 51.8 Å². The van der Waals surface area contributed by atoms with Crippen molar-refractivity contribution in [2.75, 3.05) is 0 Å². The molecule has 0 saturated heterocycles. The molecular weight excluding hydrogens is 290 g/mol. The van der Waals surface area contributed by atoms with E-state index in [-0.39, 0.29) is 0 Å². The Morgan fingerprint density at radius 3 is 2.94 bits per heavy atom. The molecule has 0 aliphatic carbocycles. The molecule has 0 amide bonds. The van der Waals surface area contributed by atoms with Gasteiger partial charge in [-0.1, -0.05) is 22.8 Å². The van der Waals surface area contributed by atoms with Gasteiger partial charge in [0.25, 0.3) is 0 Å². The van der Waals surface area contributed by atoms with E-state index in [0.717, 1.165) is 12.8 Å². The van der Waals surface area contributed by atoms with Gasteiger partial charge in [0.05, 0.1) is 5.51 Å². The van der Waals surface area contributed by atoms with Gasteiger partial charge in [0.1, 0.15) is 10.0 Å². The number of rotatable bonds is 4. The Bertz CT molecular complexity index is 632. The third-order valence-electron chi connectivity index (χ3n) is 2.37. The van der Waals surface area contributed by atoms with E-state index in [0.29, 0.717) is 21.7 Å². The Morgan fingerprint density at radius 1 is 1.28 bits per heavy atom. The summed E-state index contributed by atoms with van der Waals surface area (Å²) in [5, 5.41) is 5.96. The maximum absolute atomic E-state index is 5.98. The molecule has 0 bridgehead atoms. The van der Waals surface area contributed by atoms with E-state index >= 15 is 0 Å². The number of hydrogen-bond donors (Lipinski definition) is 0. The molecule has 0 unspecified atom stereocenters. The second kappa shape index (κ2) is 5.17. The Hall–Kier alpha value is -1.24. The summed E-state index contributed by atoms with van der Waals surface area (Å²) in [6, 6.07) is 4.13. The van der Waals surface area contributed by atoms with Gasteiger partial charge in [0.2, 0.25) is 11.7 Å². The molecule has 92 valence electrons. The minimum Gasteiger partial charge on any atom is -0.339 e. The number of aryl methyl sites for hydroxylation is 2. The zero-order chi connectivity index (χ0) is 12.4. The molecule has 0 fully saturated rings. The van der Waals surface area contributed by atoms with Gasteiger partial charge in [-0.2, -0.15) is 4.98 Å². The van der Waals surface area contributed by atoms with Crippen LogP contribution < -0.4 is 0 Å². The summed E-state index contributed by atoms with van der Waals surface area (Å²) in [5.41, 5.74) is 2.26. The lowest BCUT2D eigenvalue weighted by molar-refractivity contribution is 0.379. The van der Waals surface area contributed by atoms with Crippen LogP contribution in [0.15, 0.2) is 27.5 Å². The maximum atomic E-state index is 5.98. The van der Waals surface area contributed by atoms with Crippen LogP contribution in [0.5, 0.6) is 0 Å². The molecule has 3 rings (SSSR count). The first kappa shape index (κ1) is 11.8. The highest BCUT2D eigenvalue weighted by Crippen LogP contribution is 2.27. The average molecular weight is 298 g/mol. The van der Waals surface area contributed by atoms with Crippen LogP contribution in [0.1, 0.15) is 10.8 Å². The zero-order valence-electron chi connectivity index (χ0n) is 9.17.